The lowest BCUT2D eigenvalue weighted by atomic mass is 10.1. The Labute approximate surface area is 186 Å². The maximum absolute atomic E-state index is 13.0. The van der Waals surface area contributed by atoms with Gasteiger partial charge in [-0.2, -0.15) is 0 Å². The molecule has 2 aromatic carbocycles. The summed E-state index contributed by atoms with van der Waals surface area (Å²) < 4.78 is 5.62. The van der Waals surface area contributed by atoms with Gasteiger partial charge in [0.15, 0.2) is 0 Å². The molecule has 1 saturated heterocycles. The van der Waals surface area contributed by atoms with Crippen molar-refractivity contribution in [2.24, 2.45) is 0 Å². The van der Waals surface area contributed by atoms with E-state index < -0.39 is 22.8 Å². The topological polar surface area (TPSA) is 123 Å². The largest absolute Gasteiger partial charge is 0.456 e. The van der Waals surface area contributed by atoms with Crippen LogP contribution in [-0.2, 0) is 9.59 Å². The molecule has 4 rings (SSSR count). The summed E-state index contributed by atoms with van der Waals surface area (Å²) in [6.07, 6.45) is 1.17. The number of aryl methyl sites for hydroxylation is 1. The van der Waals surface area contributed by atoms with E-state index in [1.807, 2.05) is 0 Å². The number of nitro benzene ring substituents is 1. The van der Waals surface area contributed by atoms with Crippen LogP contribution < -0.4 is 10.2 Å². The van der Waals surface area contributed by atoms with Crippen molar-refractivity contribution < 1.29 is 23.7 Å². The van der Waals surface area contributed by atoms with E-state index >= 15 is 0 Å². The zero-order valence-corrected chi connectivity index (χ0v) is 17.3. The van der Waals surface area contributed by atoms with Crippen molar-refractivity contribution in [1.82, 2.24) is 5.32 Å². The van der Waals surface area contributed by atoms with Crippen LogP contribution in [0, 0.1) is 17.0 Å². The molecule has 0 radical (unpaired) electrons. The predicted molar refractivity (Wildman–Crippen MR) is 116 cm³/mol. The fraction of sp³-hybridized carbons (Fsp3) is 0.0455. The third kappa shape index (κ3) is 3.77. The van der Waals surface area contributed by atoms with Crippen LogP contribution in [0.2, 0.25) is 5.02 Å². The smallest absolute Gasteiger partial charge is 0.335 e. The minimum absolute atomic E-state index is 0.105. The second-order valence-electron chi connectivity index (χ2n) is 6.87. The summed E-state index contributed by atoms with van der Waals surface area (Å²) in [5.74, 6) is -1.46. The second-order valence-corrected chi connectivity index (χ2v) is 7.27. The van der Waals surface area contributed by atoms with Crippen molar-refractivity contribution >= 4 is 46.9 Å². The number of barbiturate groups is 1. The average molecular weight is 452 g/mol. The highest BCUT2D eigenvalue weighted by atomic mass is 35.5. The first-order valence-electron chi connectivity index (χ1n) is 9.27. The van der Waals surface area contributed by atoms with E-state index in [0.29, 0.717) is 5.02 Å². The van der Waals surface area contributed by atoms with Crippen LogP contribution in [0.1, 0.15) is 11.3 Å². The number of amides is 4. The van der Waals surface area contributed by atoms with Crippen LogP contribution in [0.3, 0.4) is 0 Å². The quantitative estimate of drug-likeness (QED) is 0.270. The molecule has 1 fully saturated rings. The maximum Gasteiger partial charge on any atom is 0.335 e. The Hall–Kier alpha value is -4.24. The van der Waals surface area contributed by atoms with Gasteiger partial charge in [0.05, 0.1) is 16.2 Å². The summed E-state index contributed by atoms with van der Waals surface area (Å²) in [6.45, 7) is 1.77. The molecule has 0 atom stereocenters. The van der Waals surface area contributed by atoms with E-state index in [1.165, 1.54) is 48.5 Å². The fourth-order valence-corrected chi connectivity index (χ4v) is 3.35. The van der Waals surface area contributed by atoms with Gasteiger partial charge >= 0.3 is 6.03 Å². The van der Waals surface area contributed by atoms with Gasteiger partial charge in [-0.25, -0.2) is 9.69 Å². The number of furan rings is 1. The van der Waals surface area contributed by atoms with Crippen LogP contribution in [-0.4, -0.2) is 22.8 Å². The van der Waals surface area contributed by atoms with Gasteiger partial charge in [-0.3, -0.25) is 25.0 Å². The van der Waals surface area contributed by atoms with Crippen molar-refractivity contribution in [3.05, 3.63) is 86.6 Å². The number of nitrogens with one attached hydrogen (secondary N) is 1. The number of benzene rings is 2. The van der Waals surface area contributed by atoms with E-state index in [0.717, 1.165) is 10.5 Å². The summed E-state index contributed by atoms with van der Waals surface area (Å²) in [7, 11) is 0. The summed E-state index contributed by atoms with van der Waals surface area (Å²) in [4.78, 5) is 49.1. The number of para-hydroxylation sites is 1. The Morgan fingerprint density at radius 2 is 1.84 bits per heavy atom. The highest BCUT2D eigenvalue weighted by Gasteiger charge is 2.37. The number of nitrogens with zero attached hydrogens (tertiary/aromatic N) is 2. The monoisotopic (exact) mass is 451 g/mol. The Balaban J connectivity index is 1.70. The molecule has 9 nitrogen and oxygen atoms in total. The Morgan fingerprint density at radius 1 is 1.09 bits per heavy atom. The van der Waals surface area contributed by atoms with Crippen LogP contribution in [0.15, 0.2) is 64.6 Å². The molecule has 0 bridgehead atoms. The summed E-state index contributed by atoms with van der Waals surface area (Å²) in [5, 5.41) is 13.7. The molecule has 1 aromatic heterocycles. The number of halogens is 1. The molecular formula is C22H14ClN3O6. The van der Waals surface area contributed by atoms with Crippen LogP contribution in [0.4, 0.5) is 16.2 Å². The number of carbonyl (C=O) groups is 3. The van der Waals surface area contributed by atoms with Gasteiger partial charge in [0.2, 0.25) is 0 Å². The molecule has 3 aromatic rings. The lowest BCUT2D eigenvalue weighted by molar-refractivity contribution is -0.384. The molecule has 32 heavy (non-hydrogen) atoms. The zero-order valence-electron chi connectivity index (χ0n) is 16.5. The molecule has 10 heteroatoms. The van der Waals surface area contributed by atoms with Crippen molar-refractivity contribution in [1.29, 1.82) is 0 Å². The van der Waals surface area contributed by atoms with E-state index in [9.17, 15) is 24.5 Å². The molecule has 1 aliphatic rings. The number of hydrogen-bond donors (Lipinski definition) is 1. The molecule has 0 spiro atoms. The number of anilines is 1. The Bertz CT molecular complexity index is 1330. The predicted octanol–water partition coefficient (Wildman–Crippen LogP) is 4.48. The van der Waals surface area contributed by atoms with Gasteiger partial charge in [0.1, 0.15) is 17.1 Å². The van der Waals surface area contributed by atoms with Gasteiger partial charge in [-0.05, 0) is 48.9 Å². The van der Waals surface area contributed by atoms with Crippen LogP contribution in [0.25, 0.3) is 17.4 Å². The first-order chi connectivity index (χ1) is 15.3. The number of imide groups is 2. The van der Waals surface area contributed by atoms with Crippen molar-refractivity contribution in [2.75, 3.05) is 4.90 Å². The van der Waals surface area contributed by atoms with Crippen LogP contribution >= 0.6 is 11.6 Å². The van der Waals surface area contributed by atoms with E-state index in [2.05, 4.69) is 5.32 Å². The number of carbonyl (C=O) groups excluding carboxylic acids is 3. The van der Waals surface area contributed by atoms with Gasteiger partial charge in [0.25, 0.3) is 17.5 Å². The molecule has 4 amide bonds. The van der Waals surface area contributed by atoms with E-state index in [-0.39, 0.29) is 34.0 Å². The molecule has 1 N–H and O–H groups in total. The van der Waals surface area contributed by atoms with E-state index in [1.54, 1.807) is 19.1 Å². The third-order valence-electron chi connectivity index (χ3n) is 4.79. The van der Waals surface area contributed by atoms with Gasteiger partial charge in [0, 0.05) is 11.1 Å². The molecule has 0 saturated carbocycles. The first-order valence-corrected chi connectivity index (χ1v) is 9.65. The van der Waals surface area contributed by atoms with Gasteiger partial charge < -0.3 is 4.42 Å². The standard InChI is InChI=1S/C22H14ClN3O6/c1-12-6-7-13(10-17(12)23)25-21(28)16(20(27)24-22(25)29)11-14-8-9-19(32-14)15-4-2-3-5-18(15)26(30)31/h2-11H,1H3,(H,24,27,29). The summed E-state index contributed by atoms with van der Waals surface area (Å²) >= 11 is 6.11. The van der Waals surface area contributed by atoms with Crippen molar-refractivity contribution in [3.8, 4) is 11.3 Å². The molecular weight excluding hydrogens is 438 g/mol. The minimum atomic E-state index is -0.905. The maximum atomic E-state index is 13.0. The first kappa shape index (κ1) is 21.0. The highest BCUT2D eigenvalue weighted by molar-refractivity contribution is 6.39. The molecule has 160 valence electrons. The lowest BCUT2D eigenvalue weighted by Crippen LogP contribution is -2.54. The Kier molecular flexibility index (Phi) is 5.33. The summed E-state index contributed by atoms with van der Waals surface area (Å²) in [6, 6.07) is 12.7. The third-order valence-corrected chi connectivity index (χ3v) is 5.20. The summed E-state index contributed by atoms with van der Waals surface area (Å²) in [5.41, 5.74) is 0.699. The van der Waals surface area contributed by atoms with Gasteiger partial charge in [-0.1, -0.05) is 29.8 Å². The molecule has 1 aliphatic heterocycles. The van der Waals surface area contributed by atoms with E-state index in [4.69, 9.17) is 16.0 Å². The fourth-order valence-electron chi connectivity index (χ4n) is 3.17. The normalized spacial score (nSPS) is 15.2. The number of rotatable bonds is 4. The second kappa shape index (κ2) is 8.12. The minimum Gasteiger partial charge on any atom is -0.456 e. The zero-order chi connectivity index (χ0) is 23.0. The molecule has 2 heterocycles. The molecule has 0 unspecified atom stereocenters. The number of hydrogen-bond acceptors (Lipinski definition) is 6. The van der Waals surface area contributed by atoms with Crippen LogP contribution in [0.5, 0.6) is 0 Å². The number of urea groups is 1. The highest BCUT2D eigenvalue weighted by Crippen LogP contribution is 2.32. The van der Waals surface area contributed by atoms with Crippen molar-refractivity contribution in [3.63, 3.8) is 0 Å². The lowest BCUT2D eigenvalue weighted by Gasteiger charge is -2.26. The van der Waals surface area contributed by atoms with Gasteiger partial charge in [-0.15, -0.1) is 0 Å². The molecule has 0 aliphatic carbocycles. The SMILES string of the molecule is Cc1ccc(N2C(=O)NC(=O)C(=Cc3ccc(-c4ccccc4[N+](=O)[O-])o3)C2=O)cc1Cl. The van der Waals surface area contributed by atoms with Crippen molar-refractivity contribution in [2.45, 2.75) is 6.92 Å². The Morgan fingerprint density at radius 3 is 2.56 bits per heavy atom. The number of nitro groups is 1. The average Bonchev–Trinajstić information content (AvgIpc) is 3.22.